The zero-order valence-corrected chi connectivity index (χ0v) is 21.4. The first-order valence-corrected chi connectivity index (χ1v) is 12.4. The number of fused-ring (bicyclic) bond motifs is 1. The van der Waals surface area contributed by atoms with Gasteiger partial charge in [0.15, 0.2) is 0 Å². The lowest BCUT2D eigenvalue weighted by Gasteiger charge is -2.26. The van der Waals surface area contributed by atoms with Crippen LogP contribution in [-0.4, -0.2) is 40.8 Å². The number of rotatable bonds is 11. The number of benzene rings is 2. The Kier molecular flexibility index (Phi) is 9.25. The molecule has 3 amide bonds. The van der Waals surface area contributed by atoms with E-state index in [0.29, 0.717) is 6.42 Å². The van der Waals surface area contributed by atoms with Gasteiger partial charge in [0.1, 0.15) is 12.1 Å². The Morgan fingerprint density at radius 2 is 1.42 bits per heavy atom. The summed E-state index contributed by atoms with van der Waals surface area (Å²) in [6, 6.07) is 14.8. The molecule has 0 saturated carbocycles. The van der Waals surface area contributed by atoms with Gasteiger partial charge in [0, 0.05) is 23.5 Å². The normalized spacial score (nSPS) is 14.6. The van der Waals surface area contributed by atoms with Crippen molar-refractivity contribution in [2.24, 2.45) is 11.7 Å². The van der Waals surface area contributed by atoms with Crippen LogP contribution >= 0.6 is 0 Å². The number of hydrogen-bond donors (Lipinski definition) is 5. The van der Waals surface area contributed by atoms with Crippen molar-refractivity contribution >= 4 is 28.6 Å². The zero-order valence-electron chi connectivity index (χ0n) is 21.4. The maximum atomic E-state index is 13.5. The number of nitrogens with one attached hydrogen (secondary N) is 4. The van der Waals surface area contributed by atoms with E-state index in [2.05, 4.69) is 20.9 Å². The number of carbonyl (C=O) groups is 3. The lowest BCUT2D eigenvalue weighted by Crippen LogP contribution is -2.56. The molecule has 0 saturated heterocycles. The zero-order chi connectivity index (χ0) is 26.2. The summed E-state index contributed by atoms with van der Waals surface area (Å²) in [5.41, 5.74) is 8.56. The molecule has 36 heavy (non-hydrogen) atoms. The van der Waals surface area contributed by atoms with E-state index < -0.39 is 29.9 Å². The van der Waals surface area contributed by atoms with E-state index >= 15 is 0 Å². The van der Waals surface area contributed by atoms with Crippen molar-refractivity contribution in [3.05, 3.63) is 71.9 Å². The first kappa shape index (κ1) is 26.9. The summed E-state index contributed by atoms with van der Waals surface area (Å²) in [5.74, 6) is -0.962. The predicted octanol–water partition coefficient (Wildman–Crippen LogP) is 2.95. The maximum Gasteiger partial charge on any atom is 0.243 e. The summed E-state index contributed by atoms with van der Waals surface area (Å²) < 4.78 is 0. The van der Waals surface area contributed by atoms with Gasteiger partial charge in [0.25, 0.3) is 0 Å². The Balaban J connectivity index is 1.79. The highest BCUT2D eigenvalue weighted by atomic mass is 16.2. The van der Waals surface area contributed by atoms with Gasteiger partial charge in [-0.1, -0.05) is 62.4 Å². The van der Waals surface area contributed by atoms with Gasteiger partial charge >= 0.3 is 0 Å². The topological polar surface area (TPSA) is 129 Å². The Hall–Kier alpha value is -3.65. The molecule has 1 aromatic heterocycles. The summed E-state index contributed by atoms with van der Waals surface area (Å²) in [5, 5.41) is 9.63. The highest BCUT2D eigenvalue weighted by Gasteiger charge is 2.29. The minimum atomic E-state index is -0.892. The van der Waals surface area contributed by atoms with Crippen LogP contribution in [0.25, 0.3) is 10.9 Å². The average molecular weight is 492 g/mol. The maximum absolute atomic E-state index is 13.5. The Bertz CT molecular complexity index is 1170. The molecule has 8 nitrogen and oxygen atoms in total. The van der Waals surface area contributed by atoms with Crippen LogP contribution in [0.1, 0.15) is 51.3 Å². The van der Waals surface area contributed by atoms with Gasteiger partial charge in [-0.25, -0.2) is 0 Å². The van der Waals surface area contributed by atoms with E-state index in [0.717, 1.165) is 22.0 Å². The smallest absolute Gasteiger partial charge is 0.243 e. The van der Waals surface area contributed by atoms with Gasteiger partial charge < -0.3 is 26.7 Å². The van der Waals surface area contributed by atoms with Crippen LogP contribution in [0.3, 0.4) is 0 Å². The van der Waals surface area contributed by atoms with E-state index in [-0.39, 0.29) is 24.3 Å². The number of hydrogen-bond acceptors (Lipinski definition) is 4. The van der Waals surface area contributed by atoms with Crippen molar-refractivity contribution in [1.82, 2.24) is 20.9 Å². The second-order valence-electron chi connectivity index (χ2n) is 9.75. The first-order valence-electron chi connectivity index (χ1n) is 12.4. The Morgan fingerprint density at radius 1 is 0.806 bits per heavy atom. The van der Waals surface area contributed by atoms with Crippen molar-refractivity contribution in [2.45, 2.75) is 64.7 Å². The molecule has 0 radical (unpaired) electrons. The predicted molar refractivity (Wildman–Crippen MR) is 142 cm³/mol. The molecule has 0 aliphatic heterocycles. The van der Waals surface area contributed by atoms with E-state index in [1.165, 1.54) is 0 Å². The van der Waals surface area contributed by atoms with Crippen LogP contribution in [0.2, 0.25) is 0 Å². The monoisotopic (exact) mass is 491 g/mol. The molecular formula is C28H37N5O3. The molecule has 192 valence electrons. The van der Waals surface area contributed by atoms with Crippen molar-refractivity contribution in [3.8, 4) is 0 Å². The highest BCUT2D eigenvalue weighted by Crippen LogP contribution is 2.20. The van der Waals surface area contributed by atoms with Crippen molar-refractivity contribution in [2.75, 3.05) is 0 Å². The second-order valence-corrected chi connectivity index (χ2v) is 9.75. The summed E-state index contributed by atoms with van der Waals surface area (Å²) in [4.78, 5) is 42.3. The van der Waals surface area contributed by atoms with Crippen molar-refractivity contribution in [1.29, 1.82) is 0 Å². The fraction of sp³-hybridized carbons (Fsp3) is 0.393. The van der Waals surface area contributed by atoms with E-state index in [9.17, 15) is 14.4 Å². The van der Waals surface area contributed by atoms with Gasteiger partial charge in [-0.2, -0.15) is 0 Å². The Labute approximate surface area is 212 Å². The van der Waals surface area contributed by atoms with Crippen LogP contribution in [0.4, 0.5) is 0 Å². The molecule has 0 fully saturated rings. The van der Waals surface area contributed by atoms with Crippen molar-refractivity contribution in [3.63, 3.8) is 0 Å². The lowest BCUT2D eigenvalue weighted by molar-refractivity contribution is -0.132. The molecule has 1 heterocycles. The fourth-order valence-corrected chi connectivity index (χ4v) is 4.15. The molecule has 6 N–H and O–H groups in total. The molecule has 8 heteroatoms. The minimum Gasteiger partial charge on any atom is -0.361 e. The molecule has 0 aliphatic rings. The van der Waals surface area contributed by atoms with Gasteiger partial charge in [-0.05, 0) is 43.4 Å². The summed E-state index contributed by atoms with van der Waals surface area (Å²) in [6.45, 7) is 7.46. The summed E-state index contributed by atoms with van der Waals surface area (Å²) >= 11 is 0. The number of para-hydroxylation sites is 1. The molecule has 0 aliphatic carbocycles. The molecule has 3 aromatic rings. The van der Waals surface area contributed by atoms with E-state index in [1.54, 1.807) is 6.92 Å². The SMILES string of the molecule is CC(C)C[C@H](NC(=O)[C@H](Cc1c[nH]c2ccccc12)NC(=O)[C@@H](C)N)C(=O)N[C@H](C)c1ccccc1. The third kappa shape index (κ3) is 7.18. The Morgan fingerprint density at radius 3 is 2.08 bits per heavy atom. The summed E-state index contributed by atoms with van der Waals surface area (Å²) in [7, 11) is 0. The van der Waals surface area contributed by atoms with Crippen molar-refractivity contribution < 1.29 is 14.4 Å². The van der Waals surface area contributed by atoms with Crippen LogP contribution in [0.15, 0.2) is 60.8 Å². The minimum absolute atomic E-state index is 0.166. The van der Waals surface area contributed by atoms with Gasteiger partial charge in [0.2, 0.25) is 17.7 Å². The molecule has 0 bridgehead atoms. The highest BCUT2D eigenvalue weighted by molar-refractivity contribution is 5.94. The van der Waals surface area contributed by atoms with Gasteiger partial charge in [-0.15, -0.1) is 0 Å². The second kappa shape index (κ2) is 12.4. The summed E-state index contributed by atoms with van der Waals surface area (Å²) in [6.07, 6.45) is 2.55. The molecular weight excluding hydrogens is 454 g/mol. The lowest BCUT2D eigenvalue weighted by atomic mass is 10.00. The quantitative estimate of drug-likeness (QED) is 0.282. The third-order valence-electron chi connectivity index (χ3n) is 6.14. The van der Waals surface area contributed by atoms with Gasteiger partial charge in [0.05, 0.1) is 12.1 Å². The third-order valence-corrected chi connectivity index (χ3v) is 6.14. The van der Waals surface area contributed by atoms with E-state index in [4.69, 9.17) is 5.73 Å². The fourth-order valence-electron chi connectivity index (χ4n) is 4.15. The first-order chi connectivity index (χ1) is 17.2. The van der Waals surface area contributed by atoms with Crippen LogP contribution in [-0.2, 0) is 20.8 Å². The van der Waals surface area contributed by atoms with E-state index in [1.807, 2.05) is 81.6 Å². The molecule has 0 spiro atoms. The van der Waals surface area contributed by atoms with Crippen LogP contribution in [0.5, 0.6) is 0 Å². The number of nitrogens with two attached hydrogens (primary N) is 1. The number of carbonyl (C=O) groups excluding carboxylic acids is 3. The number of aromatic nitrogens is 1. The standard InChI is InChI=1S/C28H37N5O3/c1-17(2)14-24(27(35)31-19(4)20-10-6-5-7-11-20)33-28(36)25(32-26(34)18(3)29)15-21-16-30-23-13-9-8-12-22(21)23/h5-13,16-19,24-25,30H,14-15,29H2,1-4H3,(H,31,35)(H,32,34)(H,33,36)/t18-,19-,24+,25+/m1/s1. The van der Waals surface area contributed by atoms with Crippen LogP contribution in [0, 0.1) is 5.92 Å². The number of aromatic amines is 1. The average Bonchev–Trinajstić information content (AvgIpc) is 3.26. The molecule has 3 rings (SSSR count). The molecule has 4 atom stereocenters. The molecule has 2 aromatic carbocycles. The number of amides is 3. The number of H-pyrrole nitrogens is 1. The van der Waals surface area contributed by atoms with Gasteiger partial charge in [-0.3, -0.25) is 14.4 Å². The van der Waals surface area contributed by atoms with Crippen LogP contribution < -0.4 is 21.7 Å². The largest absolute Gasteiger partial charge is 0.361 e. The molecule has 0 unspecified atom stereocenters.